The predicted molar refractivity (Wildman–Crippen MR) is 133 cm³/mol. The Bertz CT molecular complexity index is 651. The molecule has 0 spiro atoms. The van der Waals surface area contributed by atoms with E-state index in [1.165, 1.54) is 51.4 Å². The van der Waals surface area contributed by atoms with Crippen LogP contribution in [0, 0.1) is 64.1 Å². The summed E-state index contributed by atoms with van der Waals surface area (Å²) in [6.07, 6.45) is 17.3. The van der Waals surface area contributed by atoms with Gasteiger partial charge in [0.2, 0.25) is 0 Å². The third-order valence-electron chi connectivity index (χ3n) is 11.9. The fourth-order valence-electron chi connectivity index (χ4n) is 9.90. The molecule has 0 radical (unpaired) electrons. The highest BCUT2D eigenvalue weighted by Gasteiger charge is 2.61. The number of allylic oxidation sites excluding steroid dienone is 2. The largest absolute Gasteiger partial charge is 0.393 e. The van der Waals surface area contributed by atoms with Crippen molar-refractivity contribution in [3.63, 3.8) is 0 Å². The fraction of sp³-hybridized carbons (Fsp3) is 0.933. The third kappa shape index (κ3) is 3.87. The monoisotopic (exact) mass is 428 g/mol. The molecule has 11 atom stereocenters. The molecular weight excluding hydrogens is 376 g/mol. The molecule has 4 fully saturated rings. The second-order valence-electron chi connectivity index (χ2n) is 13.3. The maximum absolute atomic E-state index is 10.5. The SMILES string of the molecule is CC[C@H](/C=C/[C@@H](C)[C@H]1CC[C@H]2[C@@H]3CCC4[C@H](C)[C@H](O)CC[C@]4(C)[C@H]3CC[C@]12C)C(C)C. The smallest absolute Gasteiger partial charge is 0.0568 e. The van der Waals surface area contributed by atoms with E-state index in [1.807, 2.05) is 0 Å². The number of aliphatic hydroxyl groups excluding tert-OH is 1. The van der Waals surface area contributed by atoms with Crippen molar-refractivity contribution in [1.82, 2.24) is 0 Å². The van der Waals surface area contributed by atoms with Gasteiger partial charge in [0.15, 0.2) is 0 Å². The minimum absolute atomic E-state index is 0.0511. The van der Waals surface area contributed by atoms with Gasteiger partial charge in [0.05, 0.1) is 6.10 Å². The van der Waals surface area contributed by atoms with E-state index in [0.29, 0.717) is 16.7 Å². The van der Waals surface area contributed by atoms with Gasteiger partial charge in [0.25, 0.3) is 0 Å². The molecule has 4 aliphatic rings. The molecular formula is C30H52O. The maximum Gasteiger partial charge on any atom is 0.0568 e. The first-order valence-electron chi connectivity index (χ1n) is 14.0. The highest BCUT2D eigenvalue weighted by Crippen LogP contribution is 2.68. The zero-order chi connectivity index (χ0) is 22.6. The van der Waals surface area contributed by atoms with Gasteiger partial charge in [-0.25, -0.2) is 0 Å². The van der Waals surface area contributed by atoms with Crippen molar-refractivity contribution >= 4 is 0 Å². The topological polar surface area (TPSA) is 20.2 Å². The number of hydrogen-bond acceptors (Lipinski definition) is 1. The maximum atomic E-state index is 10.5. The van der Waals surface area contributed by atoms with Crippen molar-refractivity contribution in [2.75, 3.05) is 0 Å². The molecule has 4 saturated carbocycles. The Hall–Kier alpha value is -0.300. The van der Waals surface area contributed by atoms with Gasteiger partial charge >= 0.3 is 0 Å². The second kappa shape index (κ2) is 8.81. The summed E-state index contributed by atoms with van der Waals surface area (Å²) in [7, 11) is 0. The molecule has 0 saturated heterocycles. The van der Waals surface area contributed by atoms with Gasteiger partial charge in [-0.05, 0) is 122 Å². The van der Waals surface area contributed by atoms with Gasteiger partial charge < -0.3 is 5.11 Å². The van der Waals surface area contributed by atoms with E-state index in [2.05, 4.69) is 60.6 Å². The molecule has 0 aromatic heterocycles. The predicted octanol–water partition coefficient (Wildman–Crippen LogP) is 8.13. The molecule has 178 valence electrons. The molecule has 4 aliphatic carbocycles. The Morgan fingerprint density at radius 2 is 1.48 bits per heavy atom. The number of fused-ring (bicyclic) bond motifs is 5. The molecule has 31 heavy (non-hydrogen) atoms. The van der Waals surface area contributed by atoms with Crippen LogP contribution in [-0.4, -0.2) is 11.2 Å². The first kappa shape index (κ1) is 23.8. The van der Waals surface area contributed by atoms with E-state index >= 15 is 0 Å². The van der Waals surface area contributed by atoms with Crippen LogP contribution in [0.5, 0.6) is 0 Å². The molecule has 0 aliphatic heterocycles. The minimum atomic E-state index is -0.0511. The van der Waals surface area contributed by atoms with Crippen molar-refractivity contribution in [2.45, 2.75) is 112 Å². The third-order valence-corrected chi connectivity index (χ3v) is 11.9. The Balaban J connectivity index is 1.51. The van der Waals surface area contributed by atoms with Crippen LogP contribution in [0.1, 0.15) is 106 Å². The standard InChI is InChI=1S/C30H52O/c1-8-22(19(2)3)10-9-20(4)24-13-14-26-23-11-12-25-21(5)28(31)16-18-30(25,7)27(23)15-17-29(24,26)6/h9-10,19-28,31H,8,11-18H2,1-7H3/b10-9+/t20-,21+,22-,23+,24-,25?,26+,27+,28-,29-,30+/m1/s1. The minimum Gasteiger partial charge on any atom is -0.393 e. The zero-order valence-corrected chi connectivity index (χ0v) is 21.7. The van der Waals surface area contributed by atoms with E-state index < -0.39 is 0 Å². The van der Waals surface area contributed by atoms with Gasteiger partial charge in [-0.2, -0.15) is 0 Å². The summed E-state index contributed by atoms with van der Waals surface area (Å²) in [4.78, 5) is 0. The summed E-state index contributed by atoms with van der Waals surface area (Å²) in [6, 6.07) is 0. The molecule has 0 aromatic rings. The molecule has 1 nitrogen and oxygen atoms in total. The normalized spacial score (nSPS) is 49.5. The summed E-state index contributed by atoms with van der Waals surface area (Å²) >= 11 is 0. The van der Waals surface area contributed by atoms with E-state index in [1.54, 1.807) is 0 Å². The van der Waals surface area contributed by atoms with Crippen LogP contribution < -0.4 is 0 Å². The average molecular weight is 429 g/mol. The van der Waals surface area contributed by atoms with Crippen molar-refractivity contribution < 1.29 is 5.11 Å². The second-order valence-corrected chi connectivity index (χ2v) is 13.3. The molecule has 1 N–H and O–H groups in total. The van der Waals surface area contributed by atoms with Crippen molar-refractivity contribution in [2.24, 2.45) is 64.1 Å². The molecule has 0 heterocycles. The summed E-state index contributed by atoms with van der Waals surface area (Å²) in [5, 5.41) is 10.5. The van der Waals surface area contributed by atoms with Crippen molar-refractivity contribution in [3.05, 3.63) is 12.2 Å². The van der Waals surface area contributed by atoms with Crippen LogP contribution in [-0.2, 0) is 0 Å². The van der Waals surface area contributed by atoms with E-state index in [4.69, 9.17) is 0 Å². The lowest BCUT2D eigenvalue weighted by Crippen LogP contribution is -2.56. The zero-order valence-electron chi connectivity index (χ0n) is 21.7. The Kier molecular flexibility index (Phi) is 6.78. The lowest BCUT2D eigenvalue weighted by atomic mass is 9.43. The van der Waals surface area contributed by atoms with Crippen LogP contribution in [0.15, 0.2) is 12.2 Å². The Morgan fingerprint density at radius 3 is 2.16 bits per heavy atom. The molecule has 0 amide bonds. The molecule has 0 aromatic carbocycles. The highest BCUT2D eigenvalue weighted by molar-refractivity contribution is 5.12. The average Bonchev–Trinajstić information content (AvgIpc) is 3.08. The first-order chi connectivity index (χ1) is 14.6. The fourth-order valence-corrected chi connectivity index (χ4v) is 9.90. The van der Waals surface area contributed by atoms with Crippen LogP contribution in [0.4, 0.5) is 0 Å². The van der Waals surface area contributed by atoms with E-state index in [9.17, 15) is 5.11 Å². The van der Waals surface area contributed by atoms with E-state index in [-0.39, 0.29) is 6.10 Å². The van der Waals surface area contributed by atoms with Gasteiger partial charge in [-0.15, -0.1) is 0 Å². The number of rotatable bonds is 5. The number of hydrogen-bond donors (Lipinski definition) is 1. The molecule has 4 rings (SSSR count). The Morgan fingerprint density at radius 1 is 0.839 bits per heavy atom. The molecule has 1 heteroatoms. The summed E-state index contributed by atoms with van der Waals surface area (Å²) in [5.74, 6) is 7.14. The first-order valence-corrected chi connectivity index (χ1v) is 14.0. The van der Waals surface area contributed by atoms with Crippen LogP contribution in [0.3, 0.4) is 0 Å². The molecule has 0 bridgehead atoms. The molecule has 1 unspecified atom stereocenters. The Labute approximate surface area is 193 Å². The quantitative estimate of drug-likeness (QED) is 0.438. The van der Waals surface area contributed by atoms with Gasteiger partial charge in [0.1, 0.15) is 0 Å². The highest BCUT2D eigenvalue weighted by atomic mass is 16.3. The van der Waals surface area contributed by atoms with Gasteiger partial charge in [-0.1, -0.05) is 60.6 Å². The van der Waals surface area contributed by atoms with Gasteiger partial charge in [0, 0.05) is 0 Å². The van der Waals surface area contributed by atoms with Crippen LogP contribution in [0.25, 0.3) is 0 Å². The van der Waals surface area contributed by atoms with E-state index in [0.717, 1.165) is 53.8 Å². The van der Waals surface area contributed by atoms with Crippen molar-refractivity contribution in [3.8, 4) is 0 Å². The lowest BCUT2D eigenvalue weighted by molar-refractivity contribution is -0.148. The van der Waals surface area contributed by atoms with Crippen LogP contribution in [0.2, 0.25) is 0 Å². The summed E-state index contributed by atoms with van der Waals surface area (Å²) in [6.45, 7) is 17.3. The van der Waals surface area contributed by atoms with Crippen molar-refractivity contribution in [1.29, 1.82) is 0 Å². The summed E-state index contributed by atoms with van der Waals surface area (Å²) in [5.41, 5.74) is 1.03. The summed E-state index contributed by atoms with van der Waals surface area (Å²) < 4.78 is 0. The van der Waals surface area contributed by atoms with Gasteiger partial charge in [-0.3, -0.25) is 0 Å². The number of aliphatic hydroxyl groups is 1. The lowest BCUT2D eigenvalue weighted by Gasteiger charge is -2.62. The van der Waals surface area contributed by atoms with Crippen LogP contribution >= 0.6 is 0 Å².